The normalized spacial score (nSPS) is 19.4. The minimum absolute atomic E-state index is 0.441. The largest absolute Gasteiger partial charge is 0.378 e. The second kappa shape index (κ2) is 7.15. The fourth-order valence-corrected chi connectivity index (χ4v) is 2.28. The second-order valence-electron chi connectivity index (χ2n) is 4.77. The Kier molecular flexibility index (Phi) is 5.19. The number of ether oxygens (including phenoxy) is 1. The summed E-state index contributed by atoms with van der Waals surface area (Å²) in [5.41, 5.74) is 1.89. The number of benzene rings is 1. The molecule has 1 aliphatic rings. The lowest BCUT2D eigenvalue weighted by Crippen LogP contribution is -2.25. The number of hydrogen-bond donors (Lipinski definition) is 1. The molecule has 1 atom stereocenters. The van der Waals surface area contributed by atoms with Gasteiger partial charge in [-0.15, -0.1) is 0 Å². The molecule has 0 aromatic heterocycles. The average molecular weight is 244 g/mol. The highest BCUT2D eigenvalue weighted by Crippen LogP contribution is 2.14. The van der Waals surface area contributed by atoms with Crippen LogP contribution < -0.4 is 5.32 Å². The van der Waals surface area contributed by atoms with E-state index in [0.717, 1.165) is 31.7 Å². The molecule has 1 N–H and O–H groups in total. The van der Waals surface area contributed by atoms with E-state index in [1.165, 1.54) is 24.8 Å². The highest BCUT2D eigenvalue weighted by molar-refractivity contribution is 5.32. The van der Waals surface area contributed by atoms with Crippen molar-refractivity contribution in [3.8, 4) is 6.07 Å². The summed E-state index contributed by atoms with van der Waals surface area (Å²) in [4.78, 5) is 0. The monoisotopic (exact) mass is 244 g/mol. The van der Waals surface area contributed by atoms with Crippen LogP contribution >= 0.6 is 0 Å². The van der Waals surface area contributed by atoms with Crippen molar-refractivity contribution in [3.05, 3.63) is 35.4 Å². The molecule has 0 amide bonds. The van der Waals surface area contributed by atoms with Crippen molar-refractivity contribution in [2.45, 2.75) is 38.3 Å². The maximum Gasteiger partial charge on any atom is 0.0991 e. The molecule has 0 spiro atoms. The van der Waals surface area contributed by atoms with E-state index in [1.807, 2.05) is 24.3 Å². The van der Waals surface area contributed by atoms with Crippen molar-refractivity contribution in [3.63, 3.8) is 0 Å². The molecule has 0 radical (unpaired) electrons. The molecule has 3 heteroatoms. The lowest BCUT2D eigenvalue weighted by Gasteiger charge is -2.22. The SMILES string of the molecule is N#Cc1cccc(CNCCC2CCCCO2)c1. The van der Waals surface area contributed by atoms with E-state index in [9.17, 15) is 0 Å². The zero-order valence-corrected chi connectivity index (χ0v) is 10.7. The van der Waals surface area contributed by atoms with Gasteiger partial charge < -0.3 is 10.1 Å². The molecule has 0 saturated carbocycles. The molecule has 0 aliphatic carbocycles. The number of nitrogens with zero attached hydrogens (tertiary/aromatic N) is 1. The van der Waals surface area contributed by atoms with Gasteiger partial charge in [0.15, 0.2) is 0 Å². The van der Waals surface area contributed by atoms with Crippen molar-refractivity contribution in [2.75, 3.05) is 13.2 Å². The van der Waals surface area contributed by atoms with Crippen LogP contribution in [0.5, 0.6) is 0 Å². The van der Waals surface area contributed by atoms with Crippen LogP contribution in [-0.2, 0) is 11.3 Å². The van der Waals surface area contributed by atoms with E-state index in [2.05, 4.69) is 11.4 Å². The first-order chi connectivity index (χ1) is 8.88. The van der Waals surface area contributed by atoms with Crippen LogP contribution in [-0.4, -0.2) is 19.3 Å². The summed E-state index contributed by atoms with van der Waals surface area (Å²) in [5.74, 6) is 0. The fraction of sp³-hybridized carbons (Fsp3) is 0.533. The highest BCUT2D eigenvalue weighted by atomic mass is 16.5. The summed E-state index contributed by atoms with van der Waals surface area (Å²) in [7, 11) is 0. The summed E-state index contributed by atoms with van der Waals surface area (Å²) in [6, 6.07) is 9.91. The number of nitriles is 1. The van der Waals surface area contributed by atoms with E-state index >= 15 is 0 Å². The quantitative estimate of drug-likeness (QED) is 0.810. The molecular weight excluding hydrogens is 224 g/mol. The van der Waals surface area contributed by atoms with E-state index in [4.69, 9.17) is 10.00 Å². The number of nitrogens with one attached hydrogen (secondary N) is 1. The molecule has 18 heavy (non-hydrogen) atoms. The Morgan fingerprint density at radius 2 is 2.33 bits per heavy atom. The van der Waals surface area contributed by atoms with Crippen LogP contribution in [0.4, 0.5) is 0 Å². The fourth-order valence-electron chi connectivity index (χ4n) is 2.28. The molecule has 1 heterocycles. The maximum atomic E-state index is 8.82. The van der Waals surface area contributed by atoms with Gasteiger partial charge in [-0.2, -0.15) is 5.26 Å². The Hall–Kier alpha value is -1.37. The van der Waals surface area contributed by atoms with Crippen molar-refractivity contribution >= 4 is 0 Å². The van der Waals surface area contributed by atoms with Gasteiger partial charge in [0.2, 0.25) is 0 Å². The van der Waals surface area contributed by atoms with Crippen LogP contribution in [0.1, 0.15) is 36.8 Å². The molecule has 1 aromatic carbocycles. The van der Waals surface area contributed by atoms with Crippen LogP contribution in [0, 0.1) is 11.3 Å². The summed E-state index contributed by atoms with van der Waals surface area (Å²) in [5, 5.41) is 12.2. The molecule has 1 aliphatic heterocycles. The minimum Gasteiger partial charge on any atom is -0.378 e. The van der Waals surface area contributed by atoms with Crippen molar-refractivity contribution in [1.29, 1.82) is 5.26 Å². The Labute approximate surface area is 109 Å². The second-order valence-corrected chi connectivity index (χ2v) is 4.77. The molecule has 1 fully saturated rings. The molecular formula is C15H20N2O. The molecule has 2 rings (SSSR count). The summed E-state index contributed by atoms with van der Waals surface area (Å²) in [6.07, 6.45) is 5.24. The van der Waals surface area contributed by atoms with Crippen LogP contribution in [0.2, 0.25) is 0 Å². The predicted octanol–water partition coefficient (Wildman–Crippen LogP) is 2.61. The number of hydrogen-bond acceptors (Lipinski definition) is 3. The van der Waals surface area contributed by atoms with Crippen molar-refractivity contribution in [2.24, 2.45) is 0 Å². The van der Waals surface area contributed by atoms with Gasteiger partial charge in [0, 0.05) is 13.2 Å². The maximum absolute atomic E-state index is 8.82. The third-order valence-electron chi connectivity index (χ3n) is 3.30. The third kappa shape index (κ3) is 4.14. The van der Waals surface area contributed by atoms with Gasteiger partial charge >= 0.3 is 0 Å². The van der Waals surface area contributed by atoms with Gasteiger partial charge in [0.25, 0.3) is 0 Å². The zero-order valence-electron chi connectivity index (χ0n) is 10.7. The predicted molar refractivity (Wildman–Crippen MR) is 71.1 cm³/mol. The first-order valence-electron chi connectivity index (χ1n) is 6.70. The lowest BCUT2D eigenvalue weighted by atomic mass is 10.1. The van der Waals surface area contributed by atoms with E-state index < -0.39 is 0 Å². The van der Waals surface area contributed by atoms with Crippen LogP contribution in [0.25, 0.3) is 0 Å². The summed E-state index contributed by atoms with van der Waals surface area (Å²) >= 11 is 0. The first-order valence-corrected chi connectivity index (χ1v) is 6.70. The van der Waals surface area contributed by atoms with Gasteiger partial charge in [0.05, 0.1) is 17.7 Å². The molecule has 0 bridgehead atoms. The Bertz CT molecular complexity index is 405. The summed E-state index contributed by atoms with van der Waals surface area (Å²) in [6.45, 7) is 2.72. The molecule has 96 valence electrons. The third-order valence-corrected chi connectivity index (χ3v) is 3.30. The van der Waals surface area contributed by atoms with Gasteiger partial charge in [-0.25, -0.2) is 0 Å². The van der Waals surface area contributed by atoms with E-state index in [0.29, 0.717) is 6.10 Å². The molecule has 1 aromatic rings. The zero-order chi connectivity index (χ0) is 12.6. The smallest absolute Gasteiger partial charge is 0.0991 e. The Morgan fingerprint density at radius 1 is 1.39 bits per heavy atom. The van der Waals surface area contributed by atoms with Gasteiger partial charge in [-0.1, -0.05) is 12.1 Å². The Balaban J connectivity index is 1.67. The van der Waals surface area contributed by atoms with Crippen LogP contribution in [0.15, 0.2) is 24.3 Å². The van der Waals surface area contributed by atoms with Crippen molar-refractivity contribution in [1.82, 2.24) is 5.32 Å². The average Bonchev–Trinajstić information content (AvgIpc) is 2.45. The number of rotatable bonds is 5. The minimum atomic E-state index is 0.441. The van der Waals surface area contributed by atoms with Gasteiger partial charge in [0.1, 0.15) is 0 Å². The van der Waals surface area contributed by atoms with E-state index in [1.54, 1.807) is 0 Å². The first kappa shape index (κ1) is 13.1. The molecule has 3 nitrogen and oxygen atoms in total. The standard InChI is InChI=1S/C15H20N2O/c16-11-13-4-3-5-14(10-13)12-17-8-7-15-6-1-2-9-18-15/h3-5,10,15,17H,1-2,6-9,12H2. The highest BCUT2D eigenvalue weighted by Gasteiger charge is 2.12. The Morgan fingerprint density at radius 3 is 3.11 bits per heavy atom. The van der Waals surface area contributed by atoms with Crippen LogP contribution in [0.3, 0.4) is 0 Å². The topological polar surface area (TPSA) is 45.0 Å². The molecule has 1 saturated heterocycles. The lowest BCUT2D eigenvalue weighted by molar-refractivity contribution is 0.0115. The van der Waals surface area contributed by atoms with E-state index in [-0.39, 0.29) is 0 Å². The van der Waals surface area contributed by atoms with Gasteiger partial charge in [-0.05, 0) is 49.9 Å². The summed E-state index contributed by atoms with van der Waals surface area (Å²) < 4.78 is 5.68. The van der Waals surface area contributed by atoms with Gasteiger partial charge in [-0.3, -0.25) is 0 Å². The van der Waals surface area contributed by atoms with Crippen molar-refractivity contribution < 1.29 is 4.74 Å². The molecule has 1 unspecified atom stereocenters.